The van der Waals surface area contributed by atoms with E-state index in [1.165, 1.54) is 0 Å². The molecular formula is C23H24N2O3S. The predicted molar refractivity (Wildman–Crippen MR) is 117 cm³/mol. The summed E-state index contributed by atoms with van der Waals surface area (Å²) in [5.74, 6) is -0.409. The van der Waals surface area contributed by atoms with E-state index in [9.17, 15) is 13.2 Å². The molecule has 0 unspecified atom stereocenters. The first-order chi connectivity index (χ1) is 13.8. The van der Waals surface area contributed by atoms with E-state index in [2.05, 4.69) is 5.32 Å². The lowest BCUT2D eigenvalue weighted by molar-refractivity contribution is -0.114. The number of benzene rings is 3. The van der Waals surface area contributed by atoms with Gasteiger partial charge in [0.2, 0.25) is 5.91 Å². The number of rotatable bonds is 6. The summed E-state index contributed by atoms with van der Waals surface area (Å²) in [5.41, 5.74) is 4.20. The highest BCUT2D eigenvalue weighted by Gasteiger charge is 2.27. The molecule has 0 aromatic heterocycles. The van der Waals surface area contributed by atoms with Crippen molar-refractivity contribution in [3.8, 4) is 0 Å². The average molecular weight is 409 g/mol. The number of carbonyl (C=O) groups excluding carboxylic acids is 1. The summed E-state index contributed by atoms with van der Waals surface area (Å²) in [5, 5.41) is 2.80. The summed E-state index contributed by atoms with van der Waals surface area (Å²) in [4.78, 5) is 12.9. The van der Waals surface area contributed by atoms with Crippen LogP contribution in [0.4, 0.5) is 11.4 Å². The van der Waals surface area contributed by atoms with Gasteiger partial charge in [-0.3, -0.25) is 9.10 Å². The summed E-state index contributed by atoms with van der Waals surface area (Å²) in [7, 11) is -3.90. The zero-order valence-corrected chi connectivity index (χ0v) is 17.5. The van der Waals surface area contributed by atoms with E-state index in [1.54, 1.807) is 54.6 Å². The number of para-hydroxylation sites is 1. The third kappa shape index (κ3) is 4.84. The highest BCUT2D eigenvalue weighted by atomic mass is 32.2. The Balaban J connectivity index is 1.91. The van der Waals surface area contributed by atoms with Crippen molar-refractivity contribution in [3.05, 3.63) is 89.5 Å². The minimum atomic E-state index is -3.90. The Kier molecular flexibility index (Phi) is 6.03. The first kappa shape index (κ1) is 20.6. The molecule has 3 aromatic rings. The number of hydrogen-bond donors (Lipinski definition) is 1. The molecule has 0 spiro atoms. The lowest BCUT2D eigenvalue weighted by atomic mass is 10.1. The van der Waals surface area contributed by atoms with E-state index < -0.39 is 15.9 Å². The van der Waals surface area contributed by atoms with E-state index in [0.717, 1.165) is 21.0 Å². The lowest BCUT2D eigenvalue weighted by Gasteiger charge is -2.24. The molecule has 0 radical (unpaired) electrons. The molecule has 5 nitrogen and oxygen atoms in total. The maximum atomic E-state index is 13.3. The molecule has 6 heteroatoms. The molecule has 0 bridgehead atoms. The van der Waals surface area contributed by atoms with Crippen LogP contribution in [-0.2, 0) is 14.8 Å². The molecule has 0 aliphatic heterocycles. The van der Waals surface area contributed by atoms with Gasteiger partial charge >= 0.3 is 0 Å². The summed E-state index contributed by atoms with van der Waals surface area (Å²) in [6.45, 7) is 5.52. The Morgan fingerprint density at radius 1 is 0.862 bits per heavy atom. The van der Waals surface area contributed by atoms with Gasteiger partial charge in [0.25, 0.3) is 10.0 Å². The second-order valence-corrected chi connectivity index (χ2v) is 8.87. The molecule has 29 heavy (non-hydrogen) atoms. The van der Waals surface area contributed by atoms with Gasteiger partial charge < -0.3 is 5.32 Å². The second kappa shape index (κ2) is 8.49. The van der Waals surface area contributed by atoms with Crippen molar-refractivity contribution in [1.29, 1.82) is 0 Å². The van der Waals surface area contributed by atoms with Crippen LogP contribution in [0.3, 0.4) is 0 Å². The van der Waals surface area contributed by atoms with E-state index >= 15 is 0 Å². The van der Waals surface area contributed by atoms with Gasteiger partial charge in [-0.05, 0) is 68.3 Å². The zero-order valence-electron chi connectivity index (χ0n) is 16.7. The Morgan fingerprint density at radius 3 is 2.14 bits per heavy atom. The molecule has 0 saturated heterocycles. The number of amides is 1. The van der Waals surface area contributed by atoms with Gasteiger partial charge in [0.15, 0.2) is 0 Å². The van der Waals surface area contributed by atoms with Crippen molar-refractivity contribution in [1.82, 2.24) is 0 Å². The molecule has 3 aromatic carbocycles. The van der Waals surface area contributed by atoms with Crippen LogP contribution < -0.4 is 9.62 Å². The Morgan fingerprint density at radius 2 is 1.52 bits per heavy atom. The number of sulfonamides is 1. The maximum Gasteiger partial charge on any atom is 0.264 e. The minimum absolute atomic E-state index is 0.144. The summed E-state index contributed by atoms with van der Waals surface area (Å²) in [6.07, 6.45) is 0. The molecule has 1 amide bonds. The van der Waals surface area contributed by atoms with E-state index in [1.807, 2.05) is 39.0 Å². The van der Waals surface area contributed by atoms with Crippen LogP contribution in [0.15, 0.2) is 77.7 Å². The van der Waals surface area contributed by atoms with Gasteiger partial charge in [0.05, 0.1) is 10.6 Å². The van der Waals surface area contributed by atoms with Gasteiger partial charge in [0.1, 0.15) is 6.54 Å². The summed E-state index contributed by atoms with van der Waals surface area (Å²) >= 11 is 0. The van der Waals surface area contributed by atoms with Gasteiger partial charge in [-0.15, -0.1) is 0 Å². The Hall–Kier alpha value is -3.12. The smallest absolute Gasteiger partial charge is 0.264 e. The van der Waals surface area contributed by atoms with Gasteiger partial charge in [0, 0.05) is 5.69 Å². The van der Waals surface area contributed by atoms with Crippen LogP contribution in [0.2, 0.25) is 0 Å². The third-order valence-corrected chi connectivity index (χ3v) is 6.52. The summed E-state index contributed by atoms with van der Waals surface area (Å²) in [6, 6.07) is 20.8. The van der Waals surface area contributed by atoms with Crippen LogP contribution in [0.5, 0.6) is 0 Å². The van der Waals surface area contributed by atoms with Gasteiger partial charge in [-0.2, -0.15) is 0 Å². The van der Waals surface area contributed by atoms with E-state index in [4.69, 9.17) is 0 Å². The van der Waals surface area contributed by atoms with Crippen LogP contribution >= 0.6 is 0 Å². The Bertz CT molecular complexity index is 1110. The predicted octanol–water partition coefficient (Wildman–Crippen LogP) is 4.45. The number of nitrogens with one attached hydrogen (secondary N) is 1. The van der Waals surface area contributed by atoms with Crippen LogP contribution in [0.25, 0.3) is 0 Å². The normalized spacial score (nSPS) is 11.1. The highest BCUT2D eigenvalue weighted by molar-refractivity contribution is 7.92. The first-order valence-corrected chi connectivity index (χ1v) is 10.7. The SMILES string of the molecule is Cc1ccc(S(=O)(=O)N(CC(=O)Nc2ccc(C)c(C)c2)c2ccccc2)cc1. The molecule has 0 aliphatic carbocycles. The highest BCUT2D eigenvalue weighted by Crippen LogP contribution is 2.24. The van der Waals surface area contributed by atoms with Crippen molar-refractivity contribution in [2.24, 2.45) is 0 Å². The van der Waals surface area contributed by atoms with E-state index in [-0.39, 0.29) is 11.4 Å². The third-order valence-electron chi connectivity index (χ3n) is 4.73. The molecule has 0 fully saturated rings. The maximum absolute atomic E-state index is 13.3. The molecule has 0 atom stereocenters. The molecular weight excluding hydrogens is 384 g/mol. The fourth-order valence-electron chi connectivity index (χ4n) is 2.90. The zero-order chi connectivity index (χ0) is 21.0. The van der Waals surface area contributed by atoms with Crippen molar-refractivity contribution < 1.29 is 13.2 Å². The molecule has 1 N–H and O–H groups in total. The topological polar surface area (TPSA) is 66.5 Å². The largest absolute Gasteiger partial charge is 0.325 e. The molecule has 0 saturated carbocycles. The molecule has 0 heterocycles. The number of nitrogens with zero attached hydrogens (tertiary/aromatic N) is 1. The van der Waals surface area contributed by atoms with Crippen molar-refractivity contribution in [2.45, 2.75) is 25.7 Å². The van der Waals surface area contributed by atoms with Crippen molar-refractivity contribution >= 4 is 27.3 Å². The Labute approximate surface area is 172 Å². The van der Waals surface area contributed by atoms with Crippen LogP contribution in [-0.4, -0.2) is 20.9 Å². The number of anilines is 2. The molecule has 0 aliphatic rings. The number of carbonyl (C=O) groups is 1. The van der Waals surface area contributed by atoms with E-state index in [0.29, 0.717) is 11.4 Å². The number of hydrogen-bond acceptors (Lipinski definition) is 3. The molecule has 150 valence electrons. The van der Waals surface area contributed by atoms with Gasteiger partial charge in [-0.1, -0.05) is 42.0 Å². The number of aryl methyl sites for hydroxylation is 3. The first-order valence-electron chi connectivity index (χ1n) is 9.29. The standard InChI is InChI=1S/C23H24N2O3S/c1-17-9-13-22(14-10-17)29(27,28)25(21-7-5-4-6-8-21)16-23(26)24-20-12-11-18(2)19(3)15-20/h4-15H,16H2,1-3H3,(H,24,26). The summed E-state index contributed by atoms with van der Waals surface area (Å²) < 4.78 is 27.7. The fourth-order valence-corrected chi connectivity index (χ4v) is 4.32. The fraction of sp³-hybridized carbons (Fsp3) is 0.174. The quantitative estimate of drug-likeness (QED) is 0.655. The lowest BCUT2D eigenvalue weighted by Crippen LogP contribution is -2.38. The molecule has 3 rings (SSSR count). The second-order valence-electron chi connectivity index (χ2n) is 7.01. The van der Waals surface area contributed by atoms with Crippen LogP contribution in [0, 0.1) is 20.8 Å². The van der Waals surface area contributed by atoms with Crippen LogP contribution in [0.1, 0.15) is 16.7 Å². The van der Waals surface area contributed by atoms with Crippen molar-refractivity contribution in [2.75, 3.05) is 16.2 Å². The van der Waals surface area contributed by atoms with Crippen molar-refractivity contribution in [3.63, 3.8) is 0 Å². The minimum Gasteiger partial charge on any atom is -0.325 e. The monoisotopic (exact) mass is 408 g/mol. The van der Waals surface area contributed by atoms with Gasteiger partial charge in [-0.25, -0.2) is 8.42 Å². The average Bonchev–Trinajstić information content (AvgIpc) is 2.70.